The first-order valence-electron chi connectivity index (χ1n) is 13.0. The van der Waals surface area contributed by atoms with E-state index in [4.69, 9.17) is 14.2 Å². The molecule has 36 heavy (non-hydrogen) atoms. The van der Waals surface area contributed by atoms with Crippen molar-refractivity contribution in [2.45, 2.75) is 56.8 Å². The number of methoxy groups -OCH3 is 3. The van der Waals surface area contributed by atoms with Crippen LogP contribution in [0, 0.1) is 0 Å². The van der Waals surface area contributed by atoms with Crippen molar-refractivity contribution in [2.24, 2.45) is 0 Å². The number of nitrogens with one attached hydrogen (secondary N) is 1. The quantitative estimate of drug-likeness (QED) is 0.386. The van der Waals surface area contributed by atoms with Crippen LogP contribution in [0.3, 0.4) is 0 Å². The zero-order valence-electron chi connectivity index (χ0n) is 21.9. The fraction of sp³-hybridized carbons (Fsp3) is 0.552. The second kappa shape index (κ2) is 15.0. The monoisotopic (exact) mass is 498 g/mol. The topological polar surface area (TPSA) is 80.3 Å². The average Bonchev–Trinajstić information content (AvgIpc) is 3.43. The lowest BCUT2D eigenvalue weighted by Crippen LogP contribution is -2.46. The van der Waals surface area contributed by atoms with Gasteiger partial charge in [0.2, 0.25) is 5.91 Å². The Kier molecular flexibility index (Phi) is 11.7. The predicted octanol–water partition coefficient (Wildman–Crippen LogP) is 4.06. The summed E-state index contributed by atoms with van der Waals surface area (Å²) in [6, 6.07) is 15.4. The Bertz CT molecular complexity index is 897. The molecular formula is C29H42N2O5. The van der Waals surface area contributed by atoms with Crippen LogP contribution in [0.5, 0.6) is 5.75 Å². The van der Waals surface area contributed by atoms with Gasteiger partial charge in [0.15, 0.2) is 0 Å². The van der Waals surface area contributed by atoms with E-state index in [0.29, 0.717) is 26.0 Å². The molecule has 2 N–H and O–H groups in total. The highest BCUT2D eigenvalue weighted by Crippen LogP contribution is 2.25. The summed E-state index contributed by atoms with van der Waals surface area (Å²) in [4.78, 5) is 15.2. The number of carbonyl (C=O) groups excluding carboxylic acids is 1. The zero-order valence-corrected chi connectivity index (χ0v) is 21.9. The van der Waals surface area contributed by atoms with Gasteiger partial charge >= 0.3 is 0 Å². The fourth-order valence-corrected chi connectivity index (χ4v) is 4.77. The molecule has 1 aliphatic heterocycles. The third-order valence-corrected chi connectivity index (χ3v) is 6.94. The number of aliphatic hydroxyl groups excluding tert-OH is 1. The summed E-state index contributed by atoms with van der Waals surface area (Å²) in [5.74, 6) is 0.764. The molecule has 1 aliphatic rings. The van der Waals surface area contributed by atoms with Gasteiger partial charge in [-0.15, -0.1) is 0 Å². The number of likely N-dealkylation sites (tertiary alicyclic amines) is 1. The lowest BCUT2D eigenvalue weighted by Gasteiger charge is -2.29. The Morgan fingerprint density at radius 3 is 2.28 bits per heavy atom. The first-order chi connectivity index (χ1) is 17.5. The van der Waals surface area contributed by atoms with Gasteiger partial charge < -0.3 is 29.5 Å². The molecule has 1 amide bonds. The second-order valence-corrected chi connectivity index (χ2v) is 9.50. The van der Waals surface area contributed by atoms with Crippen molar-refractivity contribution in [2.75, 3.05) is 47.6 Å². The molecule has 0 aromatic heterocycles. The van der Waals surface area contributed by atoms with Crippen LogP contribution in [0.15, 0.2) is 48.5 Å². The Morgan fingerprint density at radius 1 is 1.00 bits per heavy atom. The maximum atomic E-state index is 12.9. The van der Waals surface area contributed by atoms with E-state index in [2.05, 4.69) is 10.2 Å². The average molecular weight is 499 g/mol. The van der Waals surface area contributed by atoms with Gasteiger partial charge in [-0.3, -0.25) is 4.79 Å². The molecule has 0 unspecified atom stereocenters. The van der Waals surface area contributed by atoms with Crippen LogP contribution in [0.1, 0.15) is 61.0 Å². The van der Waals surface area contributed by atoms with E-state index < -0.39 is 6.10 Å². The number of carbonyl (C=O) groups is 1. The molecule has 0 saturated carbocycles. The minimum atomic E-state index is -0.767. The van der Waals surface area contributed by atoms with Gasteiger partial charge in [-0.25, -0.2) is 0 Å². The standard InChI is InChI=1S/C29H42N2O5/c1-34-20-17-22-9-11-24(12-10-22)29(33)26(21-31-18-4-5-19-31)30-28(32)8-6-7-27(36-3)23-13-15-25(35-2)16-14-23/h9-16,26-27,29,33H,4-8,17-21H2,1-3H3,(H,30,32)/t26-,27-,29-/m1/s1. The Hall–Kier alpha value is -2.45. The molecule has 0 spiro atoms. The highest BCUT2D eigenvalue weighted by Gasteiger charge is 2.26. The Morgan fingerprint density at radius 2 is 1.67 bits per heavy atom. The molecular weight excluding hydrogens is 456 g/mol. The Labute approximate surface area is 215 Å². The largest absolute Gasteiger partial charge is 0.497 e. The van der Waals surface area contributed by atoms with E-state index in [9.17, 15) is 9.90 Å². The number of benzene rings is 2. The van der Waals surface area contributed by atoms with Crippen molar-refractivity contribution in [3.05, 3.63) is 65.2 Å². The van der Waals surface area contributed by atoms with Crippen molar-refractivity contribution < 1.29 is 24.1 Å². The van der Waals surface area contributed by atoms with E-state index in [0.717, 1.165) is 61.2 Å². The van der Waals surface area contributed by atoms with Gasteiger partial charge in [-0.05, 0) is 74.0 Å². The summed E-state index contributed by atoms with van der Waals surface area (Å²) in [7, 11) is 5.03. The molecule has 1 fully saturated rings. The molecule has 7 nitrogen and oxygen atoms in total. The molecule has 3 rings (SSSR count). The maximum Gasteiger partial charge on any atom is 0.220 e. The molecule has 0 bridgehead atoms. The fourth-order valence-electron chi connectivity index (χ4n) is 4.77. The SMILES string of the molecule is COCCc1ccc([C@@H](O)[C@@H](CN2CCCC2)NC(=O)CCC[C@@H](OC)c2ccc(OC)cc2)cc1. The van der Waals surface area contributed by atoms with Crippen molar-refractivity contribution >= 4 is 5.91 Å². The molecule has 1 saturated heterocycles. The van der Waals surface area contributed by atoms with Crippen LogP contribution < -0.4 is 10.1 Å². The highest BCUT2D eigenvalue weighted by molar-refractivity contribution is 5.76. The summed E-state index contributed by atoms with van der Waals surface area (Å²) >= 11 is 0. The van der Waals surface area contributed by atoms with Crippen LogP contribution in [-0.2, 0) is 20.7 Å². The molecule has 7 heteroatoms. The van der Waals surface area contributed by atoms with Crippen molar-refractivity contribution in [1.82, 2.24) is 10.2 Å². The number of ether oxygens (including phenoxy) is 3. The number of amides is 1. The van der Waals surface area contributed by atoms with E-state index in [1.807, 2.05) is 48.5 Å². The lowest BCUT2D eigenvalue weighted by atomic mass is 9.99. The number of aliphatic hydroxyl groups is 1. The summed E-state index contributed by atoms with van der Waals surface area (Å²) in [6.07, 6.45) is 4.12. The molecule has 198 valence electrons. The van der Waals surface area contributed by atoms with E-state index in [1.54, 1.807) is 21.3 Å². The minimum Gasteiger partial charge on any atom is -0.497 e. The van der Waals surface area contributed by atoms with Crippen LogP contribution in [0.25, 0.3) is 0 Å². The van der Waals surface area contributed by atoms with E-state index in [1.165, 1.54) is 0 Å². The third kappa shape index (κ3) is 8.59. The smallest absolute Gasteiger partial charge is 0.220 e. The summed E-state index contributed by atoms with van der Waals surface area (Å²) < 4.78 is 16.0. The number of hydrogen-bond donors (Lipinski definition) is 2. The number of rotatable bonds is 15. The summed E-state index contributed by atoms with van der Waals surface area (Å²) in [6.45, 7) is 3.32. The maximum absolute atomic E-state index is 12.9. The van der Waals surface area contributed by atoms with Gasteiger partial charge in [0.1, 0.15) is 11.9 Å². The summed E-state index contributed by atoms with van der Waals surface area (Å²) in [5.41, 5.74) is 3.05. The van der Waals surface area contributed by atoms with Gasteiger partial charge in [0.05, 0.1) is 25.9 Å². The van der Waals surface area contributed by atoms with Gasteiger partial charge in [0, 0.05) is 27.2 Å². The van der Waals surface area contributed by atoms with E-state index in [-0.39, 0.29) is 18.1 Å². The molecule has 2 aromatic carbocycles. The molecule has 3 atom stereocenters. The Balaban J connectivity index is 1.56. The first-order valence-corrected chi connectivity index (χ1v) is 13.0. The van der Waals surface area contributed by atoms with Crippen LogP contribution in [-0.4, -0.2) is 69.5 Å². The number of nitrogens with zero attached hydrogens (tertiary/aromatic N) is 1. The van der Waals surface area contributed by atoms with Gasteiger partial charge in [0.25, 0.3) is 0 Å². The highest BCUT2D eigenvalue weighted by atomic mass is 16.5. The third-order valence-electron chi connectivity index (χ3n) is 6.94. The van der Waals surface area contributed by atoms with Crippen molar-refractivity contribution in [3.8, 4) is 5.75 Å². The van der Waals surface area contributed by atoms with E-state index >= 15 is 0 Å². The minimum absolute atomic E-state index is 0.0421. The van der Waals surface area contributed by atoms with Gasteiger partial charge in [-0.2, -0.15) is 0 Å². The van der Waals surface area contributed by atoms with Crippen LogP contribution in [0.4, 0.5) is 0 Å². The van der Waals surface area contributed by atoms with Crippen molar-refractivity contribution in [3.63, 3.8) is 0 Å². The molecule has 0 radical (unpaired) electrons. The first kappa shape index (κ1) is 28.1. The summed E-state index contributed by atoms with van der Waals surface area (Å²) in [5, 5.41) is 14.3. The molecule has 0 aliphatic carbocycles. The van der Waals surface area contributed by atoms with Crippen LogP contribution >= 0.6 is 0 Å². The van der Waals surface area contributed by atoms with Crippen LogP contribution in [0.2, 0.25) is 0 Å². The van der Waals surface area contributed by atoms with Gasteiger partial charge in [-0.1, -0.05) is 36.4 Å². The number of hydrogen-bond acceptors (Lipinski definition) is 6. The predicted molar refractivity (Wildman–Crippen MR) is 141 cm³/mol. The molecule has 1 heterocycles. The normalized spacial score (nSPS) is 16.4. The second-order valence-electron chi connectivity index (χ2n) is 9.50. The molecule has 2 aromatic rings. The zero-order chi connectivity index (χ0) is 25.8. The lowest BCUT2D eigenvalue weighted by molar-refractivity contribution is -0.123. The van der Waals surface area contributed by atoms with Crippen molar-refractivity contribution in [1.29, 1.82) is 0 Å².